The van der Waals surface area contributed by atoms with E-state index in [9.17, 15) is 9.59 Å². The van der Waals surface area contributed by atoms with Crippen molar-refractivity contribution in [3.05, 3.63) is 65.7 Å². The van der Waals surface area contributed by atoms with E-state index < -0.39 is 19.9 Å². The molecule has 1 aliphatic heterocycles. The first kappa shape index (κ1) is 17.2. The standard InChI is InChI=1S/C19H22N2O3Si/c1-21-17(22)19(20-18(21)23,14-8-6-5-7-9-14)15-10-12-16(13-11-15)24-25(2,3)4/h5-13H,1-4H3,(H,20,23). The van der Waals surface area contributed by atoms with E-state index in [-0.39, 0.29) is 5.91 Å². The highest BCUT2D eigenvalue weighted by molar-refractivity contribution is 6.70. The summed E-state index contributed by atoms with van der Waals surface area (Å²) in [5.41, 5.74) is 0.242. The first-order chi connectivity index (χ1) is 11.7. The minimum absolute atomic E-state index is 0.289. The molecule has 2 aromatic rings. The summed E-state index contributed by atoms with van der Waals surface area (Å²) in [6, 6.07) is 16.3. The molecule has 0 radical (unpaired) electrons. The summed E-state index contributed by atoms with van der Waals surface area (Å²) < 4.78 is 5.98. The van der Waals surface area contributed by atoms with Gasteiger partial charge in [-0.15, -0.1) is 0 Å². The van der Waals surface area contributed by atoms with Gasteiger partial charge in [-0.05, 0) is 42.9 Å². The van der Waals surface area contributed by atoms with Gasteiger partial charge >= 0.3 is 6.03 Å². The van der Waals surface area contributed by atoms with Gasteiger partial charge in [0.2, 0.25) is 8.32 Å². The first-order valence-electron chi connectivity index (χ1n) is 8.19. The molecule has 1 saturated heterocycles. The fourth-order valence-corrected chi connectivity index (χ4v) is 3.86. The smallest absolute Gasteiger partial charge is 0.325 e. The molecule has 1 aliphatic rings. The van der Waals surface area contributed by atoms with Crippen LogP contribution in [0.4, 0.5) is 4.79 Å². The molecule has 0 bridgehead atoms. The maximum absolute atomic E-state index is 13.0. The predicted molar refractivity (Wildman–Crippen MR) is 98.9 cm³/mol. The van der Waals surface area contributed by atoms with Crippen molar-refractivity contribution in [3.63, 3.8) is 0 Å². The Balaban J connectivity index is 2.08. The molecule has 0 spiro atoms. The zero-order chi connectivity index (χ0) is 18.2. The minimum atomic E-state index is -1.71. The van der Waals surface area contributed by atoms with Gasteiger partial charge in [-0.1, -0.05) is 42.5 Å². The van der Waals surface area contributed by atoms with Crippen LogP contribution in [-0.2, 0) is 10.3 Å². The van der Waals surface area contributed by atoms with Crippen molar-refractivity contribution in [2.45, 2.75) is 25.2 Å². The molecule has 130 valence electrons. The first-order valence-corrected chi connectivity index (χ1v) is 11.6. The molecular weight excluding hydrogens is 332 g/mol. The van der Waals surface area contributed by atoms with Crippen LogP contribution in [0, 0.1) is 0 Å². The third kappa shape index (κ3) is 3.05. The van der Waals surface area contributed by atoms with Crippen LogP contribution in [-0.4, -0.2) is 32.2 Å². The van der Waals surface area contributed by atoms with E-state index in [0.717, 1.165) is 16.2 Å². The molecule has 25 heavy (non-hydrogen) atoms. The summed E-state index contributed by atoms with van der Waals surface area (Å²) in [7, 11) is -0.219. The number of hydrogen-bond donors (Lipinski definition) is 1. The number of urea groups is 1. The maximum Gasteiger partial charge on any atom is 0.325 e. The van der Waals surface area contributed by atoms with Gasteiger partial charge in [0.1, 0.15) is 5.75 Å². The van der Waals surface area contributed by atoms with Gasteiger partial charge in [0.25, 0.3) is 5.91 Å². The molecule has 1 heterocycles. The number of rotatable bonds is 4. The van der Waals surface area contributed by atoms with Crippen LogP contribution in [0.25, 0.3) is 0 Å². The summed E-state index contributed by atoms with van der Waals surface area (Å²) in [5, 5.41) is 2.87. The molecule has 2 aromatic carbocycles. The third-order valence-corrected chi connectivity index (χ3v) is 4.99. The molecule has 0 aliphatic carbocycles. The van der Waals surface area contributed by atoms with Gasteiger partial charge in [0.05, 0.1) is 0 Å². The Hall–Kier alpha value is -2.60. The van der Waals surface area contributed by atoms with Crippen molar-refractivity contribution in [1.82, 2.24) is 10.2 Å². The lowest BCUT2D eigenvalue weighted by molar-refractivity contribution is -0.129. The van der Waals surface area contributed by atoms with Crippen LogP contribution in [0.2, 0.25) is 19.6 Å². The van der Waals surface area contributed by atoms with Crippen LogP contribution >= 0.6 is 0 Å². The number of hydrogen-bond acceptors (Lipinski definition) is 3. The molecule has 6 heteroatoms. The van der Waals surface area contributed by atoms with E-state index in [1.54, 1.807) is 0 Å². The summed E-state index contributed by atoms with van der Waals surface area (Å²) in [6.45, 7) is 6.34. The van der Waals surface area contributed by atoms with Crippen molar-refractivity contribution in [1.29, 1.82) is 0 Å². The molecule has 1 atom stereocenters. The van der Waals surface area contributed by atoms with Crippen LogP contribution < -0.4 is 9.74 Å². The van der Waals surface area contributed by atoms with Gasteiger partial charge in [-0.2, -0.15) is 0 Å². The lowest BCUT2D eigenvalue weighted by Gasteiger charge is -2.28. The lowest BCUT2D eigenvalue weighted by Crippen LogP contribution is -2.44. The van der Waals surface area contributed by atoms with Crippen molar-refractivity contribution in [2.75, 3.05) is 7.05 Å². The molecule has 5 nitrogen and oxygen atoms in total. The molecule has 3 amide bonds. The van der Waals surface area contributed by atoms with E-state index in [0.29, 0.717) is 5.56 Å². The molecular formula is C19H22N2O3Si. The maximum atomic E-state index is 13.0. The fraction of sp³-hybridized carbons (Fsp3) is 0.263. The second-order valence-corrected chi connectivity index (χ2v) is 11.6. The van der Waals surface area contributed by atoms with E-state index in [2.05, 4.69) is 25.0 Å². The molecule has 1 fully saturated rings. The number of imide groups is 1. The normalized spacial score (nSPS) is 20.6. The lowest BCUT2D eigenvalue weighted by atomic mass is 9.82. The number of nitrogens with zero attached hydrogens (tertiary/aromatic N) is 1. The Morgan fingerprint density at radius 2 is 1.48 bits per heavy atom. The van der Waals surface area contributed by atoms with Gasteiger partial charge in [0.15, 0.2) is 5.54 Å². The van der Waals surface area contributed by atoms with Crippen molar-refractivity contribution < 1.29 is 14.0 Å². The zero-order valence-electron chi connectivity index (χ0n) is 14.9. The highest BCUT2D eigenvalue weighted by Crippen LogP contribution is 2.36. The van der Waals surface area contributed by atoms with Gasteiger partial charge in [0, 0.05) is 7.05 Å². The number of nitrogens with one attached hydrogen (secondary N) is 1. The van der Waals surface area contributed by atoms with Crippen LogP contribution in [0.5, 0.6) is 5.75 Å². The number of amides is 3. The molecule has 0 aromatic heterocycles. The Bertz CT molecular complexity index is 800. The second kappa shape index (κ2) is 6.04. The van der Waals surface area contributed by atoms with Gasteiger partial charge < -0.3 is 9.74 Å². The molecule has 3 rings (SSSR count). The van der Waals surface area contributed by atoms with Crippen LogP contribution in [0.1, 0.15) is 11.1 Å². The highest BCUT2D eigenvalue weighted by atomic mass is 28.4. The Morgan fingerprint density at radius 3 is 1.96 bits per heavy atom. The average Bonchev–Trinajstić information content (AvgIpc) is 2.80. The molecule has 1 N–H and O–H groups in total. The van der Waals surface area contributed by atoms with Crippen molar-refractivity contribution in [2.24, 2.45) is 0 Å². The second-order valence-electron chi connectivity index (χ2n) is 7.15. The van der Waals surface area contributed by atoms with Crippen LogP contribution in [0.3, 0.4) is 0 Å². The summed E-state index contributed by atoms with van der Waals surface area (Å²) in [5.74, 6) is 0.485. The Morgan fingerprint density at radius 1 is 0.920 bits per heavy atom. The highest BCUT2D eigenvalue weighted by Gasteiger charge is 2.52. The largest absolute Gasteiger partial charge is 0.544 e. The average molecular weight is 354 g/mol. The number of carbonyl (C=O) groups is 2. The van der Waals surface area contributed by atoms with E-state index in [1.165, 1.54) is 7.05 Å². The zero-order valence-corrected chi connectivity index (χ0v) is 15.9. The topological polar surface area (TPSA) is 58.6 Å². The SMILES string of the molecule is CN1C(=O)NC(c2ccccc2)(c2ccc(O[Si](C)(C)C)cc2)C1=O. The summed E-state index contributed by atoms with van der Waals surface area (Å²) >= 11 is 0. The van der Waals surface area contributed by atoms with E-state index in [4.69, 9.17) is 4.43 Å². The third-order valence-electron chi connectivity index (χ3n) is 4.14. The van der Waals surface area contributed by atoms with E-state index >= 15 is 0 Å². The molecule has 1 unspecified atom stereocenters. The number of benzene rings is 2. The summed E-state index contributed by atoms with van der Waals surface area (Å²) in [6.07, 6.45) is 0. The van der Waals surface area contributed by atoms with Crippen molar-refractivity contribution in [3.8, 4) is 5.75 Å². The Labute approximate surface area is 148 Å². The predicted octanol–water partition coefficient (Wildman–Crippen LogP) is 3.33. The Kier molecular flexibility index (Phi) is 4.16. The molecule has 0 saturated carbocycles. The van der Waals surface area contributed by atoms with Gasteiger partial charge in [-0.25, -0.2) is 4.79 Å². The summed E-state index contributed by atoms with van der Waals surface area (Å²) in [4.78, 5) is 26.3. The van der Waals surface area contributed by atoms with Crippen LogP contribution in [0.15, 0.2) is 54.6 Å². The quantitative estimate of drug-likeness (QED) is 0.677. The van der Waals surface area contributed by atoms with Crippen molar-refractivity contribution >= 4 is 20.3 Å². The fourth-order valence-electron chi connectivity index (χ4n) is 3.01. The van der Waals surface area contributed by atoms with Gasteiger partial charge in [-0.3, -0.25) is 9.69 Å². The number of carbonyl (C=O) groups excluding carboxylic acids is 2. The number of likely N-dealkylation sites (N-methyl/N-ethyl adjacent to an activating group) is 1. The minimum Gasteiger partial charge on any atom is -0.544 e. The monoisotopic (exact) mass is 354 g/mol. The van der Waals surface area contributed by atoms with E-state index in [1.807, 2.05) is 54.6 Å².